The van der Waals surface area contributed by atoms with E-state index in [1.807, 2.05) is 41.0 Å². The van der Waals surface area contributed by atoms with Crippen LogP contribution in [0.15, 0.2) is 36.4 Å². The highest BCUT2D eigenvalue weighted by molar-refractivity contribution is 5.88. The molecule has 5 heteroatoms. The maximum atomic E-state index is 13.1. The van der Waals surface area contributed by atoms with Crippen LogP contribution >= 0.6 is 0 Å². The van der Waals surface area contributed by atoms with Gasteiger partial charge in [-0.1, -0.05) is 24.3 Å². The number of piperidine rings is 1. The van der Waals surface area contributed by atoms with Gasteiger partial charge in [0.05, 0.1) is 13.0 Å². The van der Waals surface area contributed by atoms with Gasteiger partial charge in [0.25, 0.3) is 0 Å². The molecule has 1 atom stereocenters. The molecule has 0 radical (unpaired) electrons. The third kappa shape index (κ3) is 4.09. The van der Waals surface area contributed by atoms with Gasteiger partial charge in [-0.15, -0.1) is 0 Å². The SMILES string of the molecule is COc1ccc2cc(C(C)C(=O)N3CCC(C(=O)N4CCCC4)CC3)ccc2c1. The van der Waals surface area contributed by atoms with Gasteiger partial charge in [0.15, 0.2) is 0 Å². The van der Waals surface area contributed by atoms with Crippen LogP contribution in [-0.4, -0.2) is 54.9 Å². The highest BCUT2D eigenvalue weighted by Gasteiger charge is 2.32. The topological polar surface area (TPSA) is 49.9 Å². The summed E-state index contributed by atoms with van der Waals surface area (Å²) in [6.07, 6.45) is 3.81. The normalized spacial score (nSPS) is 18.8. The fourth-order valence-electron chi connectivity index (χ4n) is 4.60. The summed E-state index contributed by atoms with van der Waals surface area (Å²) in [7, 11) is 1.66. The number of fused-ring (bicyclic) bond motifs is 1. The van der Waals surface area contributed by atoms with Crippen molar-refractivity contribution in [1.29, 1.82) is 0 Å². The molecule has 154 valence electrons. The largest absolute Gasteiger partial charge is 0.497 e. The van der Waals surface area contributed by atoms with Crippen LogP contribution in [0.4, 0.5) is 0 Å². The van der Waals surface area contributed by atoms with Crippen LogP contribution in [0.2, 0.25) is 0 Å². The number of carbonyl (C=O) groups excluding carboxylic acids is 2. The predicted octanol–water partition coefficient (Wildman–Crippen LogP) is 3.81. The van der Waals surface area contributed by atoms with E-state index in [1.165, 1.54) is 0 Å². The number of likely N-dealkylation sites (tertiary alicyclic amines) is 2. The zero-order valence-electron chi connectivity index (χ0n) is 17.4. The van der Waals surface area contributed by atoms with Crippen molar-refractivity contribution < 1.29 is 14.3 Å². The minimum Gasteiger partial charge on any atom is -0.497 e. The van der Waals surface area contributed by atoms with E-state index in [9.17, 15) is 9.59 Å². The Hall–Kier alpha value is -2.56. The first-order chi connectivity index (χ1) is 14.1. The number of amides is 2. The van der Waals surface area contributed by atoms with E-state index in [1.54, 1.807) is 7.11 Å². The Morgan fingerprint density at radius 3 is 2.28 bits per heavy atom. The number of hydrogen-bond donors (Lipinski definition) is 0. The number of nitrogens with zero attached hydrogens (tertiary/aromatic N) is 2. The zero-order valence-corrected chi connectivity index (χ0v) is 17.4. The first kappa shape index (κ1) is 19.7. The van der Waals surface area contributed by atoms with Gasteiger partial charge in [-0.2, -0.15) is 0 Å². The molecular weight excluding hydrogens is 364 g/mol. The van der Waals surface area contributed by atoms with Crippen molar-refractivity contribution in [3.8, 4) is 5.75 Å². The van der Waals surface area contributed by atoms with E-state index in [4.69, 9.17) is 4.74 Å². The van der Waals surface area contributed by atoms with Gasteiger partial charge in [-0.05, 0) is 61.1 Å². The molecular formula is C24H30N2O3. The fourth-order valence-corrected chi connectivity index (χ4v) is 4.60. The molecule has 2 aliphatic rings. The van der Waals surface area contributed by atoms with Crippen LogP contribution in [-0.2, 0) is 9.59 Å². The molecule has 0 aromatic heterocycles. The van der Waals surface area contributed by atoms with Crippen molar-refractivity contribution in [2.75, 3.05) is 33.3 Å². The van der Waals surface area contributed by atoms with Crippen molar-refractivity contribution in [3.05, 3.63) is 42.0 Å². The highest BCUT2D eigenvalue weighted by atomic mass is 16.5. The summed E-state index contributed by atoms with van der Waals surface area (Å²) >= 11 is 0. The Labute approximate surface area is 172 Å². The summed E-state index contributed by atoms with van der Waals surface area (Å²) in [6, 6.07) is 12.2. The summed E-state index contributed by atoms with van der Waals surface area (Å²) in [6.45, 7) is 5.15. The molecule has 5 nitrogen and oxygen atoms in total. The van der Waals surface area contributed by atoms with E-state index < -0.39 is 0 Å². The van der Waals surface area contributed by atoms with E-state index in [0.29, 0.717) is 19.0 Å². The molecule has 2 aliphatic heterocycles. The summed E-state index contributed by atoms with van der Waals surface area (Å²) < 4.78 is 5.29. The molecule has 2 heterocycles. The summed E-state index contributed by atoms with van der Waals surface area (Å²) in [5.41, 5.74) is 1.03. The number of benzene rings is 2. The molecule has 0 aliphatic carbocycles. The van der Waals surface area contributed by atoms with Gasteiger partial charge in [-0.25, -0.2) is 0 Å². The smallest absolute Gasteiger partial charge is 0.229 e. The zero-order chi connectivity index (χ0) is 20.4. The third-order valence-corrected chi connectivity index (χ3v) is 6.52. The van der Waals surface area contributed by atoms with E-state index in [-0.39, 0.29) is 17.7 Å². The van der Waals surface area contributed by atoms with Crippen LogP contribution in [0, 0.1) is 5.92 Å². The lowest BCUT2D eigenvalue weighted by Gasteiger charge is -2.34. The molecule has 2 aromatic carbocycles. The lowest BCUT2D eigenvalue weighted by atomic mass is 9.92. The first-order valence-electron chi connectivity index (χ1n) is 10.7. The Bertz CT molecular complexity index is 896. The molecule has 0 saturated carbocycles. The number of rotatable bonds is 4. The molecule has 2 fully saturated rings. The highest BCUT2D eigenvalue weighted by Crippen LogP contribution is 2.28. The Balaban J connectivity index is 1.39. The predicted molar refractivity (Wildman–Crippen MR) is 114 cm³/mol. The molecule has 0 N–H and O–H groups in total. The van der Waals surface area contributed by atoms with Crippen molar-refractivity contribution >= 4 is 22.6 Å². The second-order valence-electron chi connectivity index (χ2n) is 8.33. The first-order valence-corrected chi connectivity index (χ1v) is 10.7. The Morgan fingerprint density at radius 1 is 0.931 bits per heavy atom. The van der Waals surface area contributed by atoms with E-state index in [0.717, 1.165) is 60.9 Å². The van der Waals surface area contributed by atoms with Crippen LogP contribution in [0.5, 0.6) is 5.75 Å². The minimum atomic E-state index is -0.188. The number of methoxy groups -OCH3 is 1. The molecule has 2 amide bonds. The quantitative estimate of drug-likeness (QED) is 0.792. The van der Waals surface area contributed by atoms with Gasteiger partial charge in [0.1, 0.15) is 5.75 Å². The monoisotopic (exact) mass is 394 g/mol. The van der Waals surface area contributed by atoms with Gasteiger partial charge >= 0.3 is 0 Å². The second kappa shape index (κ2) is 8.44. The maximum Gasteiger partial charge on any atom is 0.229 e. The Kier molecular flexibility index (Phi) is 5.74. The van der Waals surface area contributed by atoms with Gasteiger partial charge in [0, 0.05) is 32.1 Å². The van der Waals surface area contributed by atoms with Crippen LogP contribution in [0.25, 0.3) is 10.8 Å². The molecule has 0 bridgehead atoms. The third-order valence-electron chi connectivity index (χ3n) is 6.52. The van der Waals surface area contributed by atoms with Crippen LogP contribution in [0.1, 0.15) is 44.1 Å². The summed E-state index contributed by atoms with van der Waals surface area (Å²) in [5.74, 6) is 1.19. The van der Waals surface area contributed by atoms with E-state index >= 15 is 0 Å². The average molecular weight is 395 g/mol. The van der Waals surface area contributed by atoms with Crippen LogP contribution < -0.4 is 4.74 Å². The lowest BCUT2D eigenvalue weighted by Crippen LogP contribution is -2.44. The number of carbonyl (C=O) groups is 2. The lowest BCUT2D eigenvalue weighted by molar-refractivity contribution is -0.140. The van der Waals surface area contributed by atoms with Crippen LogP contribution in [0.3, 0.4) is 0 Å². The van der Waals surface area contributed by atoms with Crippen molar-refractivity contribution in [3.63, 3.8) is 0 Å². The van der Waals surface area contributed by atoms with Gasteiger partial charge < -0.3 is 14.5 Å². The summed E-state index contributed by atoms with van der Waals surface area (Å²) in [5, 5.41) is 2.21. The van der Waals surface area contributed by atoms with E-state index in [2.05, 4.69) is 12.1 Å². The maximum absolute atomic E-state index is 13.1. The Morgan fingerprint density at radius 2 is 1.59 bits per heavy atom. The van der Waals surface area contributed by atoms with Gasteiger partial charge in [0.2, 0.25) is 11.8 Å². The van der Waals surface area contributed by atoms with Crippen molar-refractivity contribution in [2.24, 2.45) is 5.92 Å². The molecule has 2 aromatic rings. The number of hydrogen-bond acceptors (Lipinski definition) is 3. The second-order valence-corrected chi connectivity index (χ2v) is 8.33. The molecule has 4 rings (SSSR count). The molecule has 2 saturated heterocycles. The van der Waals surface area contributed by atoms with Crippen molar-refractivity contribution in [1.82, 2.24) is 9.80 Å². The standard InChI is InChI=1S/C24H30N2O3/c1-17(19-5-6-21-16-22(29-2)8-7-20(21)15-19)23(27)26-13-9-18(10-14-26)24(28)25-11-3-4-12-25/h5-8,15-18H,3-4,9-14H2,1-2H3. The number of ether oxygens (including phenoxy) is 1. The van der Waals surface area contributed by atoms with Gasteiger partial charge in [-0.3, -0.25) is 9.59 Å². The minimum absolute atomic E-state index is 0.0862. The molecule has 1 unspecified atom stereocenters. The molecule has 0 spiro atoms. The molecule has 29 heavy (non-hydrogen) atoms. The fraction of sp³-hybridized carbons (Fsp3) is 0.500. The summed E-state index contributed by atoms with van der Waals surface area (Å²) in [4.78, 5) is 29.6. The van der Waals surface area contributed by atoms with Crippen molar-refractivity contribution in [2.45, 2.75) is 38.5 Å². The average Bonchev–Trinajstić information content (AvgIpc) is 3.32.